The predicted octanol–water partition coefficient (Wildman–Crippen LogP) is 4.19. The van der Waals surface area contributed by atoms with Crippen LogP contribution in [0.2, 0.25) is 0 Å². The van der Waals surface area contributed by atoms with Gasteiger partial charge in [0.1, 0.15) is 11.5 Å². The zero-order chi connectivity index (χ0) is 17.9. The molecule has 0 aromatic heterocycles. The lowest BCUT2D eigenvalue weighted by molar-refractivity contribution is 0.0981. The Hall–Kier alpha value is -2.17. The van der Waals surface area contributed by atoms with Gasteiger partial charge in [-0.05, 0) is 49.2 Å². The van der Waals surface area contributed by atoms with Crippen molar-refractivity contribution in [2.75, 3.05) is 13.2 Å². The quantitative estimate of drug-likeness (QED) is 0.602. The standard InChI is InChI=1S/C21H27NO3/c1-2-6-18(14-16-23)22-15-13-21(24)17-9-11-20(12-10-17)25-19-7-4-3-5-8-19/h3-5,7-12,18,22-23H,2,6,13-16H2,1H3. The molecular formula is C21H27NO3. The van der Waals surface area contributed by atoms with Crippen LogP contribution in [0.4, 0.5) is 0 Å². The van der Waals surface area contributed by atoms with Crippen LogP contribution in [0, 0.1) is 0 Å². The van der Waals surface area contributed by atoms with Crippen LogP contribution < -0.4 is 10.1 Å². The minimum Gasteiger partial charge on any atom is -0.457 e. The number of Topliss-reactive ketones (excluding diaryl/α,β-unsaturated/α-hetero) is 1. The molecule has 4 nitrogen and oxygen atoms in total. The Bertz CT molecular complexity index is 619. The first-order chi connectivity index (χ1) is 12.2. The maximum absolute atomic E-state index is 12.3. The van der Waals surface area contributed by atoms with Crippen molar-refractivity contribution in [2.24, 2.45) is 0 Å². The van der Waals surface area contributed by atoms with Crippen molar-refractivity contribution in [3.05, 3.63) is 60.2 Å². The highest BCUT2D eigenvalue weighted by Gasteiger charge is 2.09. The molecule has 2 aromatic carbocycles. The van der Waals surface area contributed by atoms with Gasteiger partial charge in [0, 0.05) is 31.2 Å². The molecule has 134 valence electrons. The summed E-state index contributed by atoms with van der Waals surface area (Å²) in [6, 6.07) is 17.1. The van der Waals surface area contributed by atoms with Crippen molar-refractivity contribution >= 4 is 5.78 Å². The zero-order valence-corrected chi connectivity index (χ0v) is 14.8. The predicted molar refractivity (Wildman–Crippen MR) is 100 cm³/mol. The van der Waals surface area contributed by atoms with Crippen LogP contribution >= 0.6 is 0 Å². The van der Waals surface area contributed by atoms with Crippen molar-refractivity contribution in [1.82, 2.24) is 5.32 Å². The summed E-state index contributed by atoms with van der Waals surface area (Å²) in [6.45, 7) is 2.93. The Morgan fingerprint density at radius 3 is 2.36 bits per heavy atom. The van der Waals surface area contributed by atoms with Gasteiger partial charge < -0.3 is 15.2 Å². The van der Waals surface area contributed by atoms with Gasteiger partial charge in [-0.3, -0.25) is 4.79 Å². The van der Waals surface area contributed by atoms with Gasteiger partial charge in [-0.2, -0.15) is 0 Å². The number of carbonyl (C=O) groups excluding carboxylic acids is 1. The molecule has 0 heterocycles. The van der Waals surface area contributed by atoms with Crippen LogP contribution in [0.15, 0.2) is 54.6 Å². The number of benzene rings is 2. The maximum atomic E-state index is 12.3. The summed E-state index contributed by atoms with van der Waals surface area (Å²) in [5, 5.41) is 12.4. The molecule has 2 N–H and O–H groups in total. The maximum Gasteiger partial charge on any atom is 0.164 e. The highest BCUT2D eigenvalue weighted by Crippen LogP contribution is 2.21. The summed E-state index contributed by atoms with van der Waals surface area (Å²) in [7, 11) is 0. The second-order valence-electron chi connectivity index (χ2n) is 6.06. The number of aliphatic hydroxyl groups is 1. The van der Waals surface area contributed by atoms with E-state index in [1.54, 1.807) is 12.1 Å². The van der Waals surface area contributed by atoms with Gasteiger partial charge in [0.15, 0.2) is 5.78 Å². The molecule has 2 rings (SSSR count). The third kappa shape index (κ3) is 6.69. The Morgan fingerprint density at radius 1 is 1.04 bits per heavy atom. The molecule has 0 saturated carbocycles. The summed E-state index contributed by atoms with van der Waals surface area (Å²) in [4.78, 5) is 12.3. The van der Waals surface area contributed by atoms with Gasteiger partial charge in [0.05, 0.1) is 0 Å². The highest BCUT2D eigenvalue weighted by molar-refractivity contribution is 5.96. The summed E-state index contributed by atoms with van der Waals surface area (Å²) < 4.78 is 5.73. The van der Waals surface area contributed by atoms with Gasteiger partial charge >= 0.3 is 0 Å². The molecule has 0 aliphatic heterocycles. The molecule has 0 aliphatic carbocycles. The topological polar surface area (TPSA) is 58.6 Å². The fourth-order valence-electron chi connectivity index (χ4n) is 2.72. The number of para-hydroxylation sites is 1. The molecule has 1 atom stereocenters. The number of hydrogen-bond acceptors (Lipinski definition) is 4. The van der Waals surface area contributed by atoms with Crippen LogP contribution in [0.25, 0.3) is 0 Å². The first-order valence-corrected chi connectivity index (χ1v) is 8.93. The Morgan fingerprint density at radius 2 is 1.72 bits per heavy atom. The highest BCUT2D eigenvalue weighted by atomic mass is 16.5. The number of ether oxygens (including phenoxy) is 1. The number of rotatable bonds is 11. The van der Waals surface area contributed by atoms with E-state index in [0.717, 1.165) is 25.0 Å². The van der Waals surface area contributed by atoms with Crippen LogP contribution in [0.5, 0.6) is 11.5 Å². The van der Waals surface area contributed by atoms with E-state index in [0.29, 0.717) is 24.3 Å². The molecule has 0 aliphatic rings. The zero-order valence-electron chi connectivity index (χ0n) is 14.8. The summed E-state index contributed by atoms with van der Waals surface area (Å²) in [5.74, 6) is 1.60. The molecule has 4 heteroatoms. The minimum absolute atomic E-state index is 0.109. The number of hydrogen-bond donors (Lipinski definition) is 2. The third-order valence-corrected chi connectivity index (χ3v) is 4.05. The molecule has 0 amide bonds. The first-order valence-electron chi connectivity index (χ1n) is 8.93. The van der Waals surface area contributed by atoms with Crippen LogP contribution in [-0.4, -0.2) is 30.1 Å². The minimum atomic E-state index is 0.109. The molecule has 0 radical (unpaired) electrons. The first kappa shape index (κ1) is 19.2. The van der Waals surface area contributed by atoms with Crippen molar-refractivity contribution in [1.29, 1.82) is 0 Å². The molecule has 0 saturated heterocycles. The monoisotopic (exact) mass is 341 g/mol. The summed E-state index contributed by atoms with van der Waals surface area (Å²) in [5.41, 5.74) is 0.691. The van der Waals surface area contributed by atoms with Gasteiger partial charge in [0.2, 0.25) is 0 Å². The number of aliphatic hydroxyl groups excluding tert-OH is 1. The summed E-state index contributed by atoms with van der Waals surface area (Å²) >= 11 is 0. The van der Waals surface area contributed by atoms with Crippen LogP contribution in [-0.2, 0) is 0 Å². The normalized spacial score (nSPS) is 11.9. The van der Waals surface area contributed by atoms with Gasteiger partial charge in [-0.1, -0.05) is 31.5 Å². The molecule has 25 heavy (non-hydrogen) atoms. The van der Waals surface area contributed by atoms with Crippen molar-refractivity contribution in [3.8, 4) is 11.5 Å². The average molecular weight is 341 g/mol. The largest absolute Gasteiger partial charge is 0.457 e. The van der Waals surface area contributed by atoms with E-state index >= 15 is 0 Å². The third-order valence-electron chi connectivity index (χ3n) is 4.05. The van der Waals surface area contributed by atoms with Gasteiger partial charge in [0.25, 0.3) is 0 Å². The summed E-state index contributed by atoms with van der Waals surface area (Å²) in [6.07, 6.45) is 3.26. The van der Waals surface area contributed by atoms with Gasteiger partial charge in [-0.25, -0.2) is 0 Å². The smallest absolute Gasteiger partial charge is 0.164 e. The second kappa shape index (κ2) is 10.6. The molecule has 0 spiro atoms. The van der Waals surface area contributed by atoms with E-state index < -0.39 is 0 Å². The van der Waals surface area contributed by atoms with E-state index in [1.807, 2.05) is 42.5 Å². The van der Waals surface area contributed by atoms with Crippen LogP contribution in [0.1, 0.15) is 43.0 Å². The fraction of sp³-hybridized carbons (Fsp3) is 0.381. The lowest BCUT2D eigenvalue weighted by Crippen LogP contribution is -2.31. The van der Waals surface area contributed by atoms with E-state index in [4.69, 9.17) is 9.84 Å². The van der Waals surface area contributed by atoms with Crippen LogP contribution in [0.3, 0.4) is 0 Å². The van der Waals surface area contributed by atoms with E-state index in [2.05, 4.69) is 12.2 Å². The second-order valence-corrected chi connectivity index (χ2v) is 6.06. The molecule has 2 aromatic rings. The van der Waals surface area contributed by atoms with Crippen molar-refractivity contribution in [2.45, 2.75) is 38.6 Å². The van der Waals surface area contributed by atoms with E-state index in [9.17, 15) is 4.79 Å². The molecule has 0 fully saturated rings. The SMILES string of the molecule is CCCC(CCO)NCCC(=O)c1ccc(Oc2ccccc2)cc1. The molecular weight excluding hydrogens is 314 g/mol. The Kier molecular flexibility index (Phi) is 8.16. The van der Waals surface area contributed by atoms with E-state index in [-0.39, 0.29) is 18.4 Å². The van der Waals surface area contributed by atoms with Gasteiger partial charge in [-0.15, -0.1) is 0 Å². The van der Waals surface area contributed by atoms with E-state index in [1.165, 1.54) is 0 Å². The molecule has 1 unspecified atom stereocenters. The Labute approximate surface area is 149 Å². The lowest BCUT2D eigenvalue weighted by Gasteiger charge is -2.16. The fourth-order valence-corrected chi connectivity index (χ4v) is 2.72. The Balaban J connectivity index is 1.81. The van der Waals surface area contributed by atoms with Crippen molar-refractivity contribution < 1.29 is 14.6 Å². The van der Waals surface area contributed by atoms with Crippen molar-refractivity contribution in [3.63, 3.8) is 0 Å². The number of ketones is 1. The average Bonchev–Trinajstić information content (AvgIpc) is 2.63. The number of nitrogens with one attached hydrogen (secondary N) is 1. The number of carbonyl (C=O) groups is 1. The molecule has 0 bridgehead atoms. The lowest BCUT2D eigenvalue weighted by atomic mass is 10.1.